The second-order valence-electron chi connectivity index (χ2n) is 7.41. The number of halogens is 18. The molecular weight excluding hydrogens is 705 g/mol. The molecule has 245 valence electrons. The van der Waals surface area contributed by atoms with E-state index in [2.05, 4.69) is 28.5 Å². The number of rotatable bonds is 3. The van der Waals surface area contributed by atoms with Crippen molar-refractivity contribution < 1.29 is 96.1 Å². The zero-order valence-electron chi connectivity index (χ0n) is 19.5. The fourth-order valence-electron chi connectivity index (χ4n) is 3.07. The molecule has 3 rings (SSSR count). The van der Waals surface area contributed by atoms with Crippen LogP contribution in [0.25, 0.3) is 0 Å². The summed E-state index contributed by atoms with van der Waals surface area (Å²) in [5, 5.41) is 6.73. The van der Waals surface area contributed by atoms with E-state index >= 15 is 0 Å². The summed E-state index contributed by atoms with van der Waals surface area (Å²) in [5.41, 5.74) is -16.5. The minimum atomic E-state index is -6.15. The van der Waals surface area contributed by atoms with Gasteiger partial charge < -0.3 is 13.8 Å². The predicted octanol–water partition coefficient (Wildman–Crippen LogP) is 7.12. The van der Waals surface area contributed by atoms with Gasteiger partial charge in [0.1, 0.15) is 17.1 Å². The van der Waals surface area contributed by atoms with Crippen molar-refractivity contribution in [3.8, 4) is 0 Å². The van der Waals surface area contributed by atoms with Crippen molar-refractivity contribution >= 4 is 7.12 Å². The molecule has 26 heteroatoms. The molecule has 0 aliphatic heterocycles. The maximum absolute atomic E-state index is 13.6. The Morgan fingerprint density at radius 3 is 0.744 bits per heavy atom. The zero-order chi connectivity index (χ0) is 33.0. The topological polar surface area (TPSA) is 53.5 Å². The number of hydrogen-bond acceptors (Lipinski definition) is 3. The molecule has 0 aliphatic carbocycles. The van der Waals surface area contributed by atoms with Gasteiger partial charge >= 0.3 is 54.1 Å². The molecule has 0 atom stereocenters. The van der Waals surface area contributed by atoms with Gasteiger partial charge in [0.25, 0.3) is 7.12 Å². The smallest absolute Gasteiger partial charge is 0.414 e. The standard InChI is InChI=1S/C15H3BF18N6.C2H4.Cu/c17-10(18,19)4-1-7(13(26,27)28)38(35-4)16(39-8(14(29,30)31)2-5(36-39)11(20,21)22)40-9(15(32,33)34)3-6(37-40)12(23,24)25;1-2;/h1-3H;1-2H2;/q-1;;+1. The van der Waals surface area contributed by atoms with Gasteiger partial charge in [-0.15, -0.1) is 13.2 Å². The summed E-state index contributed by atoms with van der Waals surface area (Å²) < 4.78 is 237. The molecule has 1 radical (unpaired) electrons. The normalized spacial score (nSPS) is 13.6. The average Bonchev–Trinajstić information content (AvgIpc) is 3.50. The van der Waals surface area contributed by atoms with Crippen LogP contribution in [0.2, 0.25) is 0 Å². The summed E-state index contributed by atoms with van der Waals surface area (Å²) >= 11 is 0. The zero-order valence-corrected chi connectivity index (χ0v) is 20.5. The molecule has 43 heavy (non-hydrogen) atoms. The van der Waals surface area contributed by atoms with E-state index in [1.165, 1.54) is 0 Å². The molecule has 0 aromatic carbocycles. The van der Waals surface area contributed by atoms with E-state index in [1.807, 2.05) is 0 Å². The van der Waals surface area contributed by atoms with Gasteiger partial charge in [0.2, 0.25) is 0 Å². The Kier molecular flexibility index (Phi) is 10.2. The summed E-state index contributed by atoms with van der Waals surface area (Å²) in [6, 6.07) is -2.89. The van der Waals surface area contributed by atoms with E-state index in [1.54, 1.807) is 0 Å². The molecule has 3 heterocycles. The monoisotopic (exact) mass is 711 g/mol. The average molecular weight is 712 g/mol. The SMILES string of the molecule is C=C.FC(F)(F)c1cc(C(F)(F)F)n([B-](n2nc(C(F)(F)F)cc2C(F)(F)F)n2nc(C(F)(F)F)cc2C(F)(F)F)n1.[Cu+]. The van der Waals surface area contributed by atoms with Gasteiger partial charge in [0.15, 0.2) is 17.1 Å². The van der Waals surface area contributed by atoms with Crippen LogP contribution in [0.4, 0.5) is 79.0 Å². The first-order chi connectivity index (χ1) is 18.6. The van der Waals surface area contributed by atoms with Gasteiger partial charge in [-0.25, -0.2) is 15.3 Å². The molecule has 0 amide bonds. The first kappa shape index (κ1) is 37.7. The molecule has 0 spiro atoms. The van der Waals surface area contributed by atoms with Gasteiger partial charge in [-0.05, 0) is 18.2 Å². The van der Waals surface area contributed by atoms with Crippen LogP contribution in [-0.4, -0.2) is 36.2 Å². The minimum Gasteiger partial charge on any atom is -0.414 e. The van der Waals surface area contributed by atoms with Crippen molar-refractivity contribution in [3.05, 3.63) is 65.5 Å². The van der Waals surface area contributed by atoms with E-state index in [4.69, 9.17) is 0 Å². The molecule has 0 aliphatic rings. The number of nitrogens with zero attached hydrogens (tertiary/aromatic N) is 6. The van der Waals surface area contributed by atoms with Crippen molar-refractivity contribution in [1.82, 2.24) is 29.1 Å². The van der Waals surface area contributed by atoms with E-state index in [0.29, 0.717) is 0 Å². The van der Waals surface area contributed by atoms with E-state index in [9.17, 15) is 79.0 Å². The van der Waals surface area contributed by atoms with Gasteiger partial charge in [-0.1, -0.05) is 0 Å². The second kappa shape index (κ2) is 11.7. The van der Waals surface area contributed by atoms with Crippen molar-refractivity contribution in [1.29, 1.82) is 0 Å². The predicted molar refractivity (Wildman–Crippen MR) is 99.9 cm³/mol. The Balaban J connectivity index is 0.00000302. The number of alkyl halides is 18. The summed E-state index contributed by atoms with van der Waals surface area (Å²) in [6.45, 7) is 6.00. The Hall–Kier alpha value is -3.31. The Morgan fingerprint density at radius 1 is 0.419 bits per heavy atom. The third-order valence-electron chi connectivity index (χ3n) is 4.61. The van der Waals surface area contributed by atoms with Crippen molar-refractivity contribution in [2.45, 2.75) is 37.1 Å². The fraction of sp³-hybridized carbons (Fsp3) is 0.353. The Labute approximate surface area is 235 Å². The molecular formula is C17H7BCuF18N6. The van der Waals surface area contributed by atoms with Crippen LogP contribution in [0.3, 0.4) is 0 Å². The molecule has 0 saturated carbocycles. The van der Waals surface area contributed by atoms with Gasteiger partial charge in [0, 0.05) is 0 Å². The van der Waals surface area contributed by atoms with E-state index in [0.717, 1.165) is 0 Å². The van der Waals surface area contributed by atoms with Crippen LogP contribution in [0.1, 0.15) is 34.2 Å². The number of hydrogen-bond donors (Lipinski definition) is 0. The second-order valence-corrected chi connectivity index (χ2v) is 7.41. The van der Waals surface area contributed by atoms with Crippen molar-refractivity contribution in [2.75, 3.05) is 0 Å². The third-order valence-corrected chi connectivity index (χ3v) is 4.61. The molecule has 3 aromatic heterocycles. The van der Waals surface area contributed by atoms with Crippen LogP contribution in [0.5, 0.6) is 0 Å². The molecule has 0 fully saturated rings. The molecule has 3 aromatic rings. The third kappa shape index (κ3) is 8.00. The minimum absolute atomic E-state index is 0. The Bertz CT molecular complexity index is 1230. The Morgan fingerprint density at radius 2 is 0.605 bits per heavy atom. The van der Waals surface area contributed by atoms with Crippen molar-refractivity contribution in [3.63, 3.8) is 0 Å². The quantitative estimate of drug-likeness (QED) is 0.165. The molecule has 0 N–H and O–H groups in total. The largest absolute Gasteiger partial charge is 1.00 e. The van der Waals surface area contributed by atoms with Crippen molar-refractivity contribution in [2.24, 2.45) is 0 Å². The summed E-state index contributed by atoms with van der Waals surface area (Å²) in [4.78, 5) is 0. The van der Waals surface area contributed by atoms with Crippen LogP contribution < -0.4 is 0 Å². The maximum Gasteiger partial charge on any atom is 1.00 e. The first-order valence-electron chi connectivity index (χ1n) is 9.85. The molecule has 0 bridgehead atoms. The summed E-state index contributed by atoms with van der Waals surface area (Å²) in [7, 11) is -4.06. The molecule has 0 saturated heterocycles. The van der Waals surface area contributed by atoms with Gasteiger partial charge in [-0.2, -0.15) is 79.0 Å². The van der Waals surface area contributed by atoms with Gasteiger partial charge in [0.05, 0.1) is 0 Å². The number of aromatic nitrogens is 6. The maximum atomic E-state index is 13.6. The van der Waals surface area contributed by atoms with Crippen LogP contribution >= 0.6 is 0 Å². The first-order valence-corrected chi connectivity index (χ1v) is 9.85. The van der Waals surface area contributed by atoms with Gasteiger partial charge in [-0.3, -0.25) is 0 Å². The summed E-state index contributed by atoms with van der Waals surface area (Å²) in [5.74, 6) is 0. The van der Waals surface area contributed by atoms with Crippen LogP contribution in [-0.2, 0) is 54.1 Å². The van der Waals surface area contributed by atoms with E-state index in [-0.39, 0.29) is 17.1 Å². The van der Waals surface area contributed by atoms with Crippen LogP contribution in [0.15, 0.2) is 31.4 Å². The van der Waals surface area contributed by atoms with E-state index < -0.39 is 110 Å². The fourth-order valence-corrected chi connectivity index (χ4v) is 3.07. The molecule has 0 unspecified atom stereocenters. The summed E-state index contributed by atoms with van der Waals surface area (Å²) in [6.07, 6.45) is -36.2. The van der Waals surface area contributed by atoms with Crippen LogP contribution in [0, 0.1) is 0 Å². The molecule has 6 nitrogen and oxygen atoms in total.